The smallest absolute Gasteiger partial charge is 0.338 e. The molecule has 21 heavy (non-hydrogen) atoms. The molecule has 0 spiro atoms. The Morgan fingerprint density at radius 1 is 1.19 bits per heavy atom. The molecule has 0 N–H and O–H groups in total. The van der Waals surface area contributed by atoms with Crippen LogP contribution in [0, 0.1) is 10.1 Å². The summed E-state index contributed by atoms with van der Waals surface area (Å²) in [6.45, 7) is 0. The molecule has 0 amide bonds. The summed E-state index contributed by atoms with van der Waals surface area (Å²) in [5.41, 5.74) is 0.0423. The maximum Gasteiger partial charge on any atom is 0.338 e. The van der Waals surface area contributed by atoms with E-state index < -0.39 is 4.92 Å². The minimum atomic E-state index is -0.513. The SMILES string of the molecule is COc1ccc2cn(Oc3ccccc3)nc2c1[N+](=O)[O-]. The normalized spacial score (nSPS) is 10.5. The van der Waals surface area contributed by atoms with Gasteiger partial charge in [0.1, 0.15) is 0 Å². The zero-order valence-corrected chi connectivity index (χ0v) is 11.1. The highest BCUT2D eigenvalue weighted by Crippen LogP contribution is 2.33. The van der Waals surface area contributed by atoms with Crippen LogP contribution in [0.3, 0.4) is 0 Å². The van der Waals surface area contributed by atoms with Gasteiger partial charge in [-0.05, 0) is 24.3 Å². The van der Waals surface area contributed by atoms with Gasteiger partial charge >= 0.3 is 5.69 Å². The highest BCUT2D eigenvalue weighted by molar-refractivity contribution is 5.89. The summed E-state index contributed by atoms with van der Waals surface area (Å²) in [5, 5.41) is 15.9. The number of hydrogen-bond donors (Lipinski definition) is 0. The molecule has 0 aliphatic carbocycles. The molecule has 0 atom stereocenters. The molecule has 0 saturated heterocycles. The van der Waals surface area contributed by atoms with Crippen LogP contribution in [-0.2, 0) is 0 Å². The van der Waals surface area contributed by atoms with E-state index in [1.54, 1.807) is 24.4 Å². The molecule has 7 nitrogen and oxygen atoms in total. The summed E-state index contributed by atoms with van der Waals surface area (Å²) in [5.74, 6) is 0.748. The zero-order chi connectivity index (χ0) is 14.8. The number of nitrogens with zero attached hydrogens (tertiary/aromatic N) is 3. The molecule has 0 aliphatic rings. The first kappa shape index (κ1) is 12.9. The third-order valence-corrected chi connectivity index (χ3v) is 2.94. The van der Waals surface area contributed by atoms with E-state index >= 15 is 0 Å². The van der Waals surface area contributed by atoms with Gasteiger partial charge in [-0.25, -0.2) is 0 Å². The van der Waals surface area contributed by atoms with Crippen molar-refractivity contribution >= 4 is 16.6 Å². The van der Waals surface area contributed by atoms with Crippen LogP contribution in [0.25, 0.3) is 10.9 Å². The molecule has 1 heterocycles. The van der Waals surface area contributed by atoms with E-state index in [0.717, 1.165) is 0 Å². The molecule has 0 saturated carbocycles. The number of ether oxygens (including phenoxy) is 1. The molecular weight excluding hydrogens is 274 g/mol. The standard InChI is InChI=1S/C14H11N3O4/c1-20-12-8-7-10-9-16(15-13(10)14(12)17(18)19)21-11-5-3-2-4-6-11/h2-9H,1H3. The summed E-state index contributed by atoms with van der Waals surface area (Å²) in [4.78, 5) is 17.4. The first-order valence-corrected chi connectivity index (χ1v) is 6.13. The topological polar surface area (TPSA) is 79.4 Å². The van der Waals surface area contributed by atoms with E-state index in [4.69, 9.17) is 9.57 Å². The maximum absolute atomic E-state index is 11.2. The predicted octanol–water partition coefficient (Wildman–Crippen LogP) is 2.80. The Morgan fingerprint density at radius 3 is 2.62 bits per heavy atom. The van der Waals surface area contributed by atoms with Gasteiger partial charge in [-0.3, -0.25) is 10.1 Å². The van der Waals surface area contributed by atoms with Crippen LogP contribution in [0.1, 0.15) is 0 Å². The lowest BCUT2D eigenvalue weighted by atomic mass is 10.2. The number of nitro benzene ring substituents is 1. The number of benzene rings is 2. The number of hydrogen-bond acceptors (Lipinski definition) is 5. The summed E-state index contributed by atoms with van der Waals surface area (Å²) >= 11 is 0. The third kappa shape index (κ3) is 2.36. The van der Waals surface area contributed by atoms with Crippen LogP contribution in [0.15, 0.2) is 48.7 Å². The number of nitro groups is 1. The van der Waals surface area contributed by atoms with Crippen LogP contribution >= 0.6 is 0 Å². The molecule has 0 bridgehead atoms. The van der Waals surface area contributed by atoms with Gasteiger partial charge < -0.3 is 9.57 Å². The number of rotatable bonds is 4. The van der Waals surface area contributed by atoms with Gasteiger partial charge in [-0.1, -0.05) is 23.0 Å². The van der Waals surface area contributed by atoms with Crippen LogP contribution < -0.4 is 9.57 Å². The Balaban J connectivity index is 2.08. The second-order valence-corrected chi connectivity index (χ2v) is 4.25. The third-order valence-electron chi connectivity index (χ3n) is 2.94. The van der Waals surface area contributed by atoms with E-state index in [1.165, 1.54) is 18.0 Å². The van der Waals surface area contributed by atoms with Crippen molar-refractivity contribution in [2.75, 3.05) is 7.11 Å². The van der Waals surface area contributed by atoms with Gasteiger partial charge in [0.05, 0.1) is 18.2 Å². The molecule has 106 valence electrons. The van der Waals surface area contributed by atoms with Crippen molar-refractivity contribution in [3.05, 3.63) is 58.8 Å². The minimum absolute atomic E-state index is 0.164. The number of methoxy groups -OCH3 is 1. The van der Waals surface area contributed by atoms with Crippen molar-refractivity contribution in [2.45, 2.75) is 0 Å². The maximum atomic E-state index is 11.2. The molecule has 0 fully saturated rings. The predicted molar refractivity (Wildman–Crippen MR) is 75.4 cm³/mol. The number of para-hydroxylation sites is 1. The average Bonchev–Trinajstić information content (AvgIpc) is 2.88. The lowest BCUT2D eigenvalue weighted by Gasteiger charge is -2.02. The fourth-order valence-corrected chi connectivity index (χ4v) is 2.01. The molecule has 0 aliphatic heterocycles. The molecule has 0 unspecified atom stereocenters. The van der Waals surface area contributed by atoms with Crippen LogP contribution in [0.5, 0.6) is 11.5 Å². The fraction of sp³-hybridized carbons (Fsp3) is 0.0714. The van der Waals surface area contributed by atoms with E-state index in [0.29, 0.717) is 11.1 Å². The molecule has 3 aromatic rings. The molecular formula is C14H11N3O4. The number of fused-ring (bicyclic) bond motifs is 1. The number of aromatic nitrogens is 2. The second kappa shape index (κ2) is 5.12. The second-order valence-electron chi connectivity index (χ2n) is 4.25. The van der Waals surface area contributed by atoms with Crippen molar-refractivity contribution in [1.29, 1.82) is 0 Å². The zero-order valence-electron chi connectivity index (χ0n) is 11.1. The van der Waals surface area contributed by atoms with Gasteiger partial charge in [0.15, 0.2) is 17.0 Å². The van der Waals surface area contributed by atoms with Crippen molar-refractivity contribution in [3.8, 4) is 11.5 Å². The Hall–Kier alpha value is -3.09. The summed E-state index contributed by atoms with van der Waals surface area (Å²) in [6.07, 6.45) is 1.58. The minimum Gasteiger partial charge on any atom is -0.490 e. The highest BCUT2D eigenvalue weighted by Gasteiger charge is 2.22. The van der Waals surface area contributed by atoms with Gasteiger partial charge in [0.25, 0.3) is 0 Å². The highest BCUT2D eigenvalue weighted by atomic mass is 16.7. The summed E-state index contributed by atoms with van der Waals surface area (Å²) in [6, 6.07) is 12.3. The van der Waals surface area contributed by atoms with E-state index in [9.17, 15) is 10.1 Å². The molecule has 2 aromatic carbocycles. The lowest BCUT2D eigenvalue weighted by molar-refractivity contribution is -0.384. The van der Waals surface area contributed by atoms with Gasteiger partial charge in [-0.15, -0.1) is 5.10 Å². The molecule has 7 heteroatoms. The first-order chi connectivity index (χ1) is 10.2. The molecule has 3 rings (SSSR count). The van der Waals surface area contributed by atoms with Gasteiger partial charge in [-0.2, -0.15) is 0 Å². The summed E-state index contributed by atoms with van der Waals surface area (Å²) in [7, 11) is 1.38. The van der Waals surface area contributed by atoms with Gasteiger partial charge in [0.2, 0.25) is 0 Å². The fourth-order valence-electron chi connectivity index (χ4n) is 2.01. The average molecular weight is 285 g/mol. The van der Waals surface area contributed by atoms with Crippen molar-refractivity contribution < 1.29 is 14.5 Å². The summed E-state index contributed by atoms with van der Waals surface area (Å²) < 4.78 is 5.01. The van der Waals surface area contributed by atoms with E-state index in [-0.39, 0.29) is 17.0 Å². The van der Waals surface area contributed by atoms with Crippen molar-refractivity contribution in [3.63, 3.8) is 0 Å². The monoisotopic (exact) mass is 285 g/mol. The van der Waals surface area contributed by atoms with E-state index in [1.807, 2.05) is 18.2 Å². The Morgan fingerprint density at radius 2 is 1.95 bits per heavy atom. The Labute approximate surface area is 119 Å². The van der Waals surface area contributed by atoms with Crippen molar-refractivity contribution in [2.24, 2.45) is 0 Å². The van der Waals surface area contributed by atoms with Crippen LogP contribution in [0.4, 0.5) is 5.69 Å². The van der Waals surface area contributed by atoms with Crippen LogP contribution in [-0.4, -0.2) is 22.0 Å². The van der Waals surface area contributed by atoms with Gasteiger partial charge in [0, 0.05) is 5.39 Å². The Kier molecular flexibility index (Phi) is 3.15. The Bertz CT molecular complexity index is 799. The quantitative estimate of drug-likeness (QED) is 0.544. The largest absolute Gasteiger partial charge is 0.490 e. The molecule has 1 aromatic heterocycles. The lowest BCUT2D eigenvalue weighted by Crippen LogP contribution is -2.05. The molecule has 0 radical (unpaired) electrons. The van der Waals surface area contributed by atoms with E-state index in [2.05, 4.69) is 5.10 Å². The van der Waals surface area contributed by atoms with Crippen molar-refractivity contribution in [1.82, 2.24) is 9.94 Å². The van der Waals surface area contributed by atoms with Crippen LogP contribution in [0.2, 0.25) is 0 Å². The first-order valence-electron chi connectivity index (χ1n) is 6.13.